The van der Waals surface area contributed by atoms with E-state index < -0.39 is 5.97 Å². The summed E-state index contributed by atoms with van der Waals surface area (Å²) in [5.74, 6) is -1.00. The largest absolute Gasteiger partial charge is 0.506 e. The molecule has 22 heavy (non-hydrogen) atoms. The highest BCUT2D eigenvalue weighted by atomic mass is 79.9. The van der Waals surface area contributed by atoms with Crippen LogP contribution in [0.15, 0.2) is 44.4 Å². The van der Waals surface area contributed by atoms with Crippen LogP contribution in [0.2, 0.25) is 5.02 Å². The van der Waals surface area contributed by atoms with Gasteiger partial charge in [-0.05, 0) is 67.8 Å². The van der Waals surface area contributed by atoms with E-state index in [0.29, 0.717) is 14.6 Å². The number of nitrogens with one attached hydrogen (secondary N) is 1. The Bertz CT molecular complexity index is 743. The second kappa shape index (κ2) is 7.13. The molecule has 0 saturated heterocycles. The number of carboxylic acid groups (broad SMARTS) is 1. The predicted molar refractivity (Wildman–Crippen MR) is 93.1 cm³/mol. The number of aromatic carboxylic acids is 1. The van der Waals surface area contributed by atoms with Crippen molar-refractivity contribution in [1.29, 1.82) is 0 Å². The summed E-state index contributed by atoms with van der Waals surface area (Å²) >= 11 is 12.2. The second-order valence-corrected chi connectivity index (χ2v) is 6.32. The van der Waals surface area contributed by atoms with Crippen LogP contribution < -0.4 is 5.43 Å². The number of benzene rings is 2. The summed E-state index contributed by atoms with van der Waals surface area (Å²) in [5, 5.41) is 22.8. The van der Waals surface area contributed by atoms with Crippen LogP contribution in [0.1, 0.15) is 15.9 Å². The van der Waals surface area contributed by atoms with Crippen molar-refractivity contribution in [2.45, 2.75) is 0 Å². The Morgan fingerprint density at radius 3 is 2.45 bits per heavy atom. The van der Waals surface area contributed by atoms with Gasteiger partial charge >= 0.3 is 5.97 Å². The number of halogens is 3. The van der Waals surface area contributed by atoms with Gasteiger partial charge in [-0.1, -0.05) is 11.6 Å². The van der Waals surface area contributed by atoms with Crippen LogP contribution in [0, 0.1) is 0 Å². The highest BCUT2D eigenvalue weighted by Crippen LogP contribution is 2.32. The number of aromatic hydroxyl groups is 1. The quantitative estimate of drug-likeness (QED) is 0.467. The molecular formula is C14H9Br2ClN2O3. The van der Waals surface area contributed by atoms with E-state index in [4.69, 9.17) is 16.7 Å². The molecule has 0 aromatic heterocycles. The van der Waals surface area contributed by atoms with E-state index in [9.17, 15) is 9.90 Å². The summed E-state index contributed by atoms with van der Waals surface area (Å²) in [6.45, 7) is 0. The number of nitrogens with zero attached hydrogens (tertiary/aromatic N) is 1. The zero-order valence-corrected chi connectivity index (χ0v) is 14.8. The molecule has 0 heterocycles. The van der Waals surface area contributed by atoms with E-state index in [1.165, 1.54) is 18.3 Å². The van der Waals surface area contributed by atoms with Crippen LogP contribution in [0.25, 0.3) is 0 Å². The van der Waals surface area contributed by atoms with Gasteiger partial charge < -0.3 is 10.2 Å². The minimum absolute atomic E-state index is 0.00279. The van der Waals surface area contributed by atoms with Crippen LogP contribution in [0.4, 0.5) is 5.69 Å². The zero-order valence-electron chi connectivity index (χ0n) is 10.8. The van der Waals surface area contributed by atoms with Crippen LogP contribution in [0.5, 0.6) is 5.75 Å². The minimum atomic E-state index is -1.11. The summed E-state index contributed by atoms with van der Waals surface area (Å²) in [6, 6.07) is 7.88. The Labute approximate surface area is 147 Å². The lowest BCUT2D eigenvalue weighted by Crippen LogP contribution is -1.99. The summed E-state index contributed by atoms with van der Waals surface area (Å²) in [6.07, 6.45) is 1.53. The van der Waals surface area contributed by atoms with Gasteiger partial charge in [-0.15, -0.1) is 0 Å². The third-order valence-corrected chi connectivity index (χ3v) is 4.18. The fourth-order valence-electron chi connectivity index (χ4n) is 1.60. The average Bonchev–Trinajstić information content (AvgIpc) is 2.46. The standard InChI is InChI=1S/C14H9Br2ClN2O3/c15-10-3-7(4-11(16)13(10)20)6-18-19-8-1-2-12(17)9(5-8)14(21)22/h1-6,19-20H,(H,21,22). The first-order chi connectivity index (χ1) is 10.4. The van der Waals surface area contributed by atoms with Crippen molar-refractivity contribution in [3.8, 4) is 5.75 Å². The molecule has 0 saturated carbocycles. The van der Waals surface area contributed by atoms with Crippen molar-refractivity contribution in [3.05, 3.63) is 55.4 Å². The maximum Gasteiger partial charge on any atom is 0.337 e. The molecule has 5 nitrogen and oxygen atoms in total. The molecule has 0 aliphatic heterocycles. The Balaban J connectivity index is 2.16. The van der Waals surface area contributed by atoms with Gasteiger partial charge in [0.1, 0.15) is 5.75 Å². The molecule has 0 fully saturated rings. The van der Waals surface area contributed by atoms with Gasteiger partial charge in [0.2, 0.25) is 0 Å². The number of phenolic OH excluding ortho intramolecular Hbond substituents is 1. The molecule has 0 spiro atoms. The van der Waals surface area contributed by atoms with Gasteiger partial charge in [0.15, 0.2) is 0 Å². The van der Waals surface area contributed by atoms with E-state index in [1.807, 2.05) is 0 Å². The molecule has 2 rings (SSSR count). The fraction of sp³-hybridized carbons (Fsp3) is 0. The first-order valence-electron chi connectivity index (χ1n) is 5.88. The Morgan fingerprint density at radius 2 is 1.86 bits per heavy atom. The Hall–Kier alpha value is -1.57. The second-order valence-electron chi connectivity index (χ2n) is 4.20. The van der Waals surface area contributed by atoms with Gasteiger partial charge in [0.25, 0.3) is 0 Å². The smallest absolute Gasteiger partial charge is 0.337 e. The number of hydrogen-bond donors (Lipinski definition) is 3. The zero-order chi connectivity index (χ0) is 16.3. The minimum Gasteiger partial charge on any atom is -0.506 e. The Kier molecular flexibility index (Phi) is 5.44. The van der Waals surface area contributed by atoms with E-state index in [1.54, 1.807) is 18.2 Å². The normalized spacial score (nSPS) is 10.9. The lowest BCUT2D eigenvalue weighted by Gasteiger charge is -2.04. The number of rotatable bonds is 4. The van der Waals surface area contributed by atoms with Crippen molar-refractivity contribution in [2.24, 2.45) is 5.10 Å². The molecule has 0 amide bonds. The molecular weight excluding hydrogens is 439 g/mol. The highest BCUT2D eigenvalue weighted by molar-refractivity contribution is 9.11. The average molecular weight is 448 g/mol. The van der Waals surface area contributed by atoms with Crippen molar-refractivity contribution in [2.75, 3.05) is 5.43 Å². The fourth-order valence-corrected chi connectivity index (χ4v) is 3.02. The highest BCUT2D eigenvalue weighted by Gasteiger charge is 2.09. The van der Waals surface area contributed by atoms with Crippen LogP contribution in [0.3, 0.4) is 0 Å². The third kappa shape index (κ3) is 4.00. The molecule has 0 aliphatic rings. The molecule has 0 unspecified atom stereocenters. The lowest BCUT2D eigenvalue weighted by atomic mass is 10.2. The maximum atomic E-state index is 11.0. The Morgan fingerprint density at radius 1 is 1.23 bits per heavy atom. The van der Waals surface area contributed by atoms with Crippen molar-refractivity contribution in [1.82, 2.24) is 0 Å². The van der Waals surface area contributed by atoms with Crippen molar-refractivity contribution >= 4 is 61.3 Å². The first kappa shape index (κ1) is 16.8. The maximum absolute atomic E-state index is 11.0. The molecule has 0 aliphatic carbocycles. The van der Waals surface area contributed by atoms with Gasteiger partial charge in [-0.2, -0.15) is 5.10 Å². The van der Waals surface area contributed by atoms with Crippen molar-refractivity contribution in [3.63, 3.8) is 0 Å². The molecule has 2 aromatic rings. The molecule has 0 bridgehead atoms. The summed E-state index contributed by atoms with van der Waals surface area (Å²) in [5.41, 5.74) is 3.95. The van der Waals surface area contributed by atoms with E-state index >= 15 is 0 Å². The summed E-state index contributed by atoms with van der Waals surface area (Å²) < 4.78 is 1.06. The van der Waals surface area contributed by atoms with Crippen LogP contribution in [-0.4, -0.2) is 22.4 Å². The first-order valence-corrected chi connectivity index (χ1v) is 7.85. The summed E-state index contributed by atoms with van der Waals surface area (Å²) in [7, 11) is 0. The predicted octanol–water partition coefficient (Wildman–Crippen LogP) is 4.71. The molecule has 2 aromatic carbocycles. The monoisotopic (exact) mass is 446 g/mol. The van der Waals surface area contributed by atoms with E-state index in [0.717, 1.165) is 5.56 Å². The van der Waals surface area contributed by atoms with Gasteiger partial charge in [-0.3, -0.25) is 5.43 Å². The van der Waals surface area contributed by atoms with Crippen LogP contribution >= 0.6 is 43.5 Å². The lowest BCUT2D eigenvalue weighted by molar-refractivity contribution is 0.0697. The number of carboxylic acids is 1. The molecule has 8 heteroatoms. The molecule has 0 radical (unpaired) electrons. The van der Waals surface area contributed by atoms with E-state index in [-0.39, 0.29) is 16.3 Å². The number of anilines is 1. The van der Waals surface area contributed by atoms with Gasteiger partial charge in [-0.25, -0.2) is 4.79 Å². The topological polar surface area (TPSA) is 81.9 Å². The number of hydrazone groups is 1. The number of carbonyl (C=O) groups is 1. The van der Waals surface area contributed by atoms with Gasteiger partial charge in [0, 0.05) is 0 Å². The van der Waals surface area contributed by atoms with Crippen molar-refractivity contribution < 1.29 is 15.0 Å². The third-order valence-electron chi connectivity index (χ3n) is 2.64. The molecule has 0 atom stereocenters. The SMILES string of the molecule is O=C(O)c1cc(NN=Cc2cc(Br)c(O)c(Br)c2)ccc1Cl. The molecule has 114 valence electrons. The molecule has 3 N–H and O–H groups in total. The number of phenols is 1. The van der Waals surface area contributed by atoms with Gasteiger partial charge in [0.05, 0.1) is 31.4 Å². The van der Waals surface area contributed by atoms with Crippen LogP contribution in [-0.2, 0) is 0 Å². The van der Waals surface area contributed by atoms with E-state index in [2.05, 4.69) is 42.4 Å². The number of hydrogen-bond acceptors (Lipinski definition) is 4. The summed E-state index contributed by atoms with van der Waals surface area (Å²) in [4.78, 5) is 11.0.